The van der Waals surface area contributed by atoms with Crippen LogP contribution in [0.1, 0.15) is 117 Å². The van der Waals surface area contributed by atoms with Gasteiger partial charge in [0.25, 0.3) is 0 Å². The first-order valence-corrected chi connectivity index (χ1v) is 11.6. The number of ether oxygens (including phenoxy) is 1. The van der Waals surface area contributed by atoms with Crippen molar-refractivity contribution < 1.29 is 9.53 Å². The molecule has 26 heavy (non-hydrogen) atoms. The molecular formula is C23H47NO2. The highest BCUT2D eigenvalue weighted by Gasteiger charge is 2.11. The second-order valence-corrected chi connectivity index (χ2v) is 7.74. The number of carbonyl (C=O) groups excluding carboxylic acids is 1. The van der Waals surface area contributed by atoms with E-state index in [1.54, 1.807) is 0 Å². The fraction of sp³-hybridized carbons (Fsp3) is 0.957. The Hall–Kier alpha value is -0.570. The van der Waals surface area contributed by atoms with Gasteiger partial charge in [-0.05, 0) is 32.4 Å². The molecule has 0 aliphatic carbocycles. The predicted octanol–water partition coefficient (Wildman–Crippen LogP) is 6.74. The Bertz CT molecular complexity index is 282. The van der Waals surface area contributed by atoms with Crippen LogP contribution in [0.2, 0.25) is 0 Å². The first-order valence-electron chi connectivity index (χ1n) is 11.6. The van der Waals surface area contributed by atoms with Gasteiger partial charge in [0.2, 0.25) is 0 Å². The van der Waals surface area contributed by atoms with Crippen LogP contribution in [0.3, 0.4) is 0 Å². The molecule has 0 radical (unpaired) electrons. The van der Waals surface area contributed by atoms with E-state index in [9.17, 15) is 4.79 Å². The summed E-state index contributed by atoms with van der Waals surface area (Å²) in [4.78, 5) is 14.5. The van der Waals surface area contributed by atoms with Gasteiger partial charge < -0.3 is 4.74 Å². The van der Waals surface area contributed by atoms with Gasteiger partial charge in [-0.3, -0.25) is 9.69 Å². The number of unbranched alkanes of at least 4 members (excludes halogenated alkanes) is 12. The highest BCUT2D eigenvalue weighted by Crippen LogP contribution is 2.08. The summed E-state index contributed by atoms with van der Waals surface area (Å²) >= 11 is 0. The van der Waals surface area contributed by atoms with Crippen molar-refractivity contribution in [3.63, 3.8) is 0 Å². The van der Waals surface area contributed by atoms with E-state index >= 15 is 0 Å². The second kappa shape index (κ2) is 20.7. The smallest absolute Gasteiger partial charge is 0.320 e. The Balaban J connectivity index is 3.84. The zero-order valence-electron chi connectivity index (χ0n) is 18.2. The topological polar surface area (TPSA) is 29.5 Å². The molecular weight excluding hydrogens is 322 g/mol. The van der Waals surface area contributed by atoms with Crippen LogP contribution in [0.5, 0.6) is 0 Å². The summed E-state index contributed by atoms with van der Waals surface area (Å²) in [6.07, 6.45) is 18.9. The van der Waals surface area contributed by atoms with Crippen LogP contribution in [0.25, 0.3) is 0 Å². The average molecular weight is 370 g/mol. The maximum absolute atomic E-state index is 12.1. The van der Waals surface area contributed by atoms with Gasteiger partial charge in [-0.25, -0.2) is 0 Å². The molecule has 0 saturated carbocycles. The number of esters is 1. The van der Waals surface area contributed by atoms with Crippen molar-refractivity contribution in [1.29, 1.82) is 0 Å². The Labute approximate surface area is 164 Å². The van der Waals surface area contributed by atoms with Crippen molar-refractivity contribution >= 4 is 5.97 Å². The molecule has 0 N–H and O–H groups in total. The summed E-state index contributed by atoms with van der Waals surface area (Å²) < 4.78 is 5.47. The van der Waals surface area contributed by atoms with Gasteiger partial charge in [0, 0.05) is 0 Å². The average Bonchev–Trinajstić information content (AvgIpc) is 2.64. The lowest BCUT2D eigenvalue weighted by Gasteiger charge is -2.21. The van der Waals surface area contributed by atoms with E-state index in [2.05, 4.69) is 25.7 Å². The van der Waals surface area contributed by atoms with E-state index in [1.165, 1.54) is 89.9 Å². The molecule has 0 rings (SSSR count). The van der Waals surface area contributed by atoms with Crippen molar-refractivity contribution in [3.8, 4) is 0 Å². The Morgan fingerprint density at radius 1 is 0.615 bits per heavy atom. The fourth-order valence-corrected chi connectivity index (χ4v) is 3.27. The lowest BCUT2D eigenvalue weighted by molar-refractivity contribution is -0.145. The Kier molecular flexibility index (Phi) is 20.3. The quantitative estimate of drug-likeness (QED) is 0.176. The lowest BCUT2D eigenvalue weighted by Crippen LogP contribution is -2.33. The summed E-state index contributed by atoms with van der Waals surface area (Å²) in [6.45, 7) is 9.89. The third-order valence-electron chi connectivity index (χ3n) is 5.02. The molecule has 0 saturated heterocycles. The molecule has 0 aromatic rings. The van der Waals surface area contributed by atoms with Gasteiger partial charge in [0.05, 0.1) is 13.2 Å². The Morgan fingerprint density at radius 3 is 1.54 bits per heavy atom. The highest BCUT2D eigenvalue weighted by atomic mass is 16.5. The molecule has 0 spiro atoms. The normalized spacial score (nSPS) is 11.2. The molecule has 0 aliphatic heterocycles. The first-order chi connectivity index (χ1) is 12.7. The van der Waals surface area contributed by atoms with Gasteiger partial charge in [-0.2, -0.15) is 0 Å². The molecule has 0 aromatic carbocycles. The molecule has 0 aliphatic rings. The molecule has 0 bridgehead atoms. The minimum atomic E-state index is -0.0260. The van der Waals surface area contributed by atoms with Crippen molar-refractivity contribution in [2.75, 3.05) is 26.2 Å². The van der Waals surface area contributed by atoms with Crippen LogP contribution < -0.4 is 0 Å². The monoisotopic (exact) mass is 369 g/mol. The lowest BCUT2D eigenvalue weighted by atomic mass is 10.1. The molecule has 3 nitrogen and oxygen atoms in total. The summed E-state index contributed by atoms with van der Waals surface area (Å²) in [5.74, 6) is -0.0260. The van der Waals surface area contributed by atoms with Gasteiger partial charge in [-0.15, -0.1) is 0 Å². The van der Waals surface area contributed by atoms with Crippen molar-refractivity contribution in [2.24, 2.45) is 0 Å². The minimum Gasteiger partial charge on any atom is -0.465 e. The minimum absolute atomic E-state index is 0.0260. The van der Waals surface area contributed by atoms with Crippen molar-refractivity contribution in [3.05, 3.63) is 0 Å². The fourth-order valence-electron chi connectivity index (χ4n) is 3.27. The van der Waals surface area contributed by atoms with Crippen molar-refractivity contribution in [2.45, 2.75) is 117 Å². The summed E-state index contributed by atoms with van der Waals surface area (Å²) in [5.41, 5.74) is 0. The molecule has 0 fully saturated rings. The molecule has 156 valence electrons. The van der Waals surface area contributed by atoms with Gasteiger partial charge >= 0.3 is 5.97 Å². The summed E-state index contributed by atoms with van der Waals surface area (Å²) in [6, 6.07) is 0. The summed E-state index contributed by atoms with van der Waals surface area (Å²) in [5, 5.41) is 0. The van der Waals surface area contributed by atoms with E-state index < -0.39 is 0 Å². The molecule has 0 heterocycles. The van der Waals surface area contributed by atoms with E-state index in [1.807, 2.05) is 0 Å². The predicted molar refractivity (Wildman–Crippen MR) is 114 cm³/mol. The van der Waals surface area contributed by atoms with Crippen LogP contribution in [-0.2, 0) is 9.53 Å². The highest BCUT2D eigenvalue weighted by molar-refractivity contribution is 5.71. The first kappa shape index (κ1) is 25.4. The van der Waals surface area contributed by atoms with Crippen LogP contribution >= 0.6 is 0 Å². The van der Waals surface area contributed by atoms with Crippen LogP contribution in [0.4, 0.5) is 0 Å². The maximum Gasteiger partial charge on any atom is 0.320 e. The van der Waals surface area contributed by atoms with Crippen LogP contribution in [0.15, 0.2) is 0 Å². The SMILES string of the molecule is CCCCCCCCCOC(=O)CN(CCCCCC)CCCCCC. The largest absolute Gasteiger partial charge is 0.465 e. The van der Waals surface area contributed by atoms with E-state index in [0.29, 0.717) is 13.2 Å². The van der Waals surface area contributed by atoms with E-state index in [4.69, 9.17) is 4.74 Å². The zero-order chi connectivity index (χ0) is 19.3. The standard InChI is InChI=1S/C23H47NO2/c1-4-7-10-13-14-15-18-21-26-23(25)22-24(19-16-11-8-5-2)20-17-12-9-6-3/h4-22H2,1-3H3. The van der Waals surface area contributed by atoms with Gasteiger partial charge in [0.15, 0.2) is 0 Å². The number of hydrogen-bond donors (Lipinski definition) is 0. The van der Waals surface area contributed by atoms with E-state index in [0.717, 1.165) is 19.5 Å². The van der Waals surface area contributed by atoms with Crippen LogP contribution in [-0.4, -0.2) is 37.1 Å². The second-order valence-electron chi connectivity index (χ2n) is 7.74. The van der Waals surface area contributed by atoms with Gasteiger partial charge in [0.1, 0.15) is 0 Å². The third-order valence-corrected chi connectivity index (χ3v) is 5.02. The number of carbonyl (C=O) groups is 1. The zero-order valence-corrected chi connectivity index (χ0v) is 18.2. The maximum atomic E-state index is 12.1. The van der Waals surface area contributed by atoms with Crippen molar-refractivity contribution in [1.82, 2.24) is 4.90 Å². The third kappa shape index (κ3) is 18.2. The van der Waals surface area contributed by atoms with Gasteiger partial charge in [-0.1, -0.05) is 97.8 Å². The van der Waals surface area contributed by atoms with Crippen LogP contribution in [0, 0.1) is 0 Å². The summed E-state index contributed by atoms with van der Waals surface area (Å²) in [7, 11) is 0. The number of nitrogens with zero attached hydrogens (tertiary/aromatic N) is 1. The van der Waals surface area contributed by atoms with E-state index in [-0.39, 0.29) is 5.97 Å². The molecule has 0 unspecified atom stereocenters. The molecule has 0 aromatic heterocycles. The molecule has 0 amide bonds. The molecule has 0 atom stereocenters. The molecule has 3 heteroatoms. The number of rotatable bonds is 20. The Morgan fingerprint density at radius 2 is 1.04 bits per heavy atom. The number of hydrogen-bond acceptors (Lipinski definition) is 3.